The monoisotopic (exact) mass is 244 g/mol. The van der Waals surface area contributed by atoms with Crippen LogP contribution in [0.3, 0.4) is 0 Å². The SMILES string of the molecule is C#CCSC(N=C(C)C)=C(C=C)n1cccc1. The van der Waals surface area contributed by atoms with Crippen LogP contribution in [-0.2, 0) is 0 Å². The van der Waals surface area contributed by atoms with Gasteiger partial charge in [-0.25, -0.2) is 4.99 Å². The average Bonchev–Trinajstić information content (AvgIpc) is 2.79. The van der Waals surface area contributed by atoms with Crippen molar-refractivity contribution in [3.63, 3.8) is 0 Å². The molecule has 0 N–H and O–H groups in total. The van der Waals surface area contributed by atoms with Crippen molar-refractivity contribution in [1.82, 2.24) is 4.57 Å². The summed E-state index contributed by atoms with van der Waals surface area (Å²) in [6, 6.07) is 3.94. The molecular weight excluding hydrogens is 228 g/mol. The highest BCUT2D eigenvalue weighted by molar-refractivity contribution is 8.03. The molecule has 0 aliphatic rings. The lowest BCUT2D eigenvalue weighted by atomic mass is 10.4. The molecule has 0 spiro atoms. The van der Waals surface area contributed by atoms with Crippen LogP contribution in [0.5, 0.6) is 0 Å². The highest BCUT2D eigenvalue weighted by Crippen LogP contribution is 2.25. The van der Waals surface area contributed by atoms with Crippen LogP contribution in [0.1, 0.15) is 13.8 Å². The molecule has 0 aromatic carbocycles. The van der Waals surface area contributed by atoms with Crippen molar-refractivity contribution in [2.75, 3.05) is 5.75 Å². The van der Waals surface area contributed by atoms with Crippen molar-refractivity contribution in [3.05, 3.63) is 42.2 Å². The third kappa shape index (κ3) is 4.01. The number of nitrogens with zero attached hydrogens (tertiary/aromatic N) is 2. The fraction of sp³-hybridized carbons (Fsp3) is 0.214. The highest BCUT2D eigenvalue weighted by Gasteiger charge is 2.05. The third-order valence-electron chi connectivity index (χ3n) is 1.91. The molecule has 0 bridgehead atoms. The van der Waals surface area contributed by atoms with E-state index < -0.39 is 0 Å². The summed E-state index contributed by atoms with van der Waals surface area (Å²) in [5.41, 5.74) is 1.95. The molecule has 1 rings (SSSR count). The average molecular weight is 244 g/mol. The van der Waals surface area contributed by atoms with E-state index in [1.165, 1.54) is 0 Å². The minimum atomic E-state index is 0.602. The highest BCUT2D eigenvalue weighted by atomic mass is 32.2. The van der Waals surface area contributed by atoms with Crippen LogP contribution in [0.2, 0.25) is 0 Å². The first kappa shape index (κ1) is 13.4. The van der Waals surface area contributed by atoms with E-state index >= 15 is 0 Å². The van der Waals surface area contributed by atoms with Crippen molar-refractivity contribution in [1.29, 1.82) is 0 Å². The maximum Gasteiger partial charge on any atom is 0.121 e. The summed E-state index contributed by atoms with van der Waals surface area (Å²) in [7, 11) is 0. The molecular formula is C14H16N2S. The Labute approximate surface area is 107 Å². The normalized spacial score (nSPS) is 11.4. The Morgan fingerprint density at radius 2 is 2.12 bits per heavy atom. The van der Waals surface area contributed by atoms with E-state index in [1.54, 1.807) is 17.8 Å². The zero-order valence-corrected chi connectivity index (χ0v) is 11.0. The van der Waals surface area contributed by atoms with E-state index in [0.29, 0.717) is 5.75 Å². The van der Waals surface area contributed by atoms with Crippen molar-refractivity contribution in [2.45, 2.75) is 13.8 Å². The van der Waals surface area contributed by atoms with Crippen LogP contribution in [0.25, 0.3) is 5.70 Å². The Balaban J connectivity index is 3.19. The van der Waals surface area contributed by atoms with Gasteiger partial charge in [-0.1, -0.05) is 24.3 Å². The van der Waals surface area contributed by atoms with Gasteiger partial charge in [0.2, 0.25) is 0 Å². The number of hydrogen-bond donors (Lipinski definition) is 0. The van der Waals surface area contributed by atoms with Crippen LogP contribution < -0.4 is 0 Å². The lowest BCUT2D eigenvalue weighted by molar-refractivity contribution is 1.12. The number of hydrogen-bond acceptors (Lipinski definition) is 2. The van der Waals surface area contributed by atoms with Crippen molar-refractivity contribution in [3.8, 4) is 12.3 Å². The van der Waals surface area contributed by atoms with E-state index in [0.717, 1.165) is 16.4 Å². The molecule has 0 amide bonds. The van der Waals surface area contributed by atoms with E-state index in [2.05, 4.69) is 17.5 Å². The van der Waals surface area contributed by atoms with Gasteiger partial charge in [-0.15, -0.1) is 6.42 Å². The lowest BCUT2D eigenvalue weighted by Gasteiger charge is -2.09. The Morgan fingerprint density at radius 1 is 1.47 bits per heavy atom. The fourth-order valence-electron chi connectivity index (χ4n) is 1.27. The first-order chi connectivity index (χ1) is 8.19. The van der Waals surface area contributed by atoms with Gasteiger partial charge in [0, 0.05) is 18.1 Å². The second-order valence-corrected chi connectivity index (χ2v) is 4.50. The second-order valence-electron chi connectivity index (χ2n) is 3.54. The molecule has 1 aromatic heterocycles. The molecule has 0 saturated heterocycles. The maximum atomic E-state index is 5.29. The Kier molecular flexibility index (Phi) is 5.38. The Morgan fingerprint density at radius 3 is 2.59 bits per heavy atom. The summed E-state index contributed by atoms with van der Waals surface area (Å²) in [5.74, 6) is 3.21. The minimum absolute atomic E-state index is 0.602. The van der Waals surface area contributed by atoms with Crippen molar-refractivity contribution >= 4 is 23.2 Å². The summed E-state index contributed by atoms with van der Waals surface area (Å²) < 4.78 is 1.98. The molecule has 0 aliphatic carbocycles. The summed E-state index contributed by atoms with van der Waals surface area (Å²) in [6.07, 6.45) is 11.0. The summed E-state index contributed by atoms with van der Waals surface area (Å²) >= 11 is 1.54. The number of rotatable bonds is 5. The van der Waals surface area contributed by atoms with E-state index in [4.69, 9.17) is 6.42 Å². The molecule has 0 aliphatic heterocycles. The van der Waals surface area contributed by atoms with Crippen LogP contribution in [0.15, 0.2) is 47.2 Å². The molecule has 0 atom stereocenters. The molecule has 0 saturated carbocycles. The Hall–Kier alpha value is -1.66. The van der Waals surface area contributed by atoms with Gasteiger partial charge in [0.15, 0.2) is 0 Å². The fourth-order valence-corrected chi connectivity index (χ4v) is 2.08. The second kappa shape index (κ2) is 6.82. The molecule has 0 fully saturated rings. The number of aromatic nitrogens is 1. The first-order valence-electron chi connectivity index (χ1n) is 5.27. The number of allylic oxidation sites excluding steroid dienone is 2. The molecule has 88 valence electrons. The maximum absolute atomic E-state index is 5.29. The van der Waals surface area contributed by atoms with Gasteiger partial charge in [0.05, 0.1) is 11.4 Å². The van der Waals surface area contributed by atoms with Gasteiger partial charge in [0.25, 0.3) is 0 Å². The van der Waals surface area contributed by atoms with Gasteiger partial charge in [0.1, 0.15) is 5.03 Å². The van der Waals surface area contributed by atoms with Gasteiger partial charge >= 0.3 is 0 Å². The standard InChI is InChI=1S/C14H16N2S/c1-5-11-17-14(15-12(3)4)13(6-2)16-9-7-8-10-16/h1,6-10H,2,11H2,3-4H3. The van der Waals surface area contributed by atoms with Crippen molar-refractivity contribution < 1.29 is 0 Å². The topological polar surface area (TPSA) is 17.3 Å². The van der Waals surface area contributed by atoms with E-state index in [9.17, 15) is 0 Å². The minimum Gasteiger partial charge on any atom is -0.321 e. The molecule has 0 unspecified atom stereocenters. The van der Waals surface area contributed by atoms with Crippen LogP contribution in [-0.4, -0.2) is 16.0 Å². The molecule has 17 heavy (non-hydrogen) atoms. The van der Waals surface area contributed by atoms with Crippen LogP contribution in [0, 0.1) is 12.3 Å². The van der Waals surface area contributed by atoms with Crippen LogP contribution >= 0.6 is 11.8 Å². The van der Waals surface area contributed by atoms with Gasteiger partial charge < -0.3 is 4.57 Å². The molecule has 3 heteroatoms. The number of terminal acetylenes is 1. The summed E-state index contributed by atoms with van der Waals surface area (Å²) in [4.78, 5) is 4.51. The quantitative estimate of drug-likeness (QED) is 0.439. The number of thioether (sulfide) groups is 1. The zero-order valence-electron chi connectivity index (χ0n) is 10.2. The summed E-state index contributed by atoms with van der Waals surface area (Å²) in [6.45, 7) is 7.77. The van der Waals surface area contributed by atoms with Gasteiger partial charge in [-0.05, 0) is 32.1 Å². The van der Waals surface area contributed by atoms with Crippen molar-refractivity contribution in [2.24, 2.45) is 4.99 Å². The van der Waals surface area contributed by atoms with Gasteiger partial charge in [-0.2, -0.15) is 0 Å². The zero-order chi connectivity index (χ0) is 12.7. The molecule has 1 aromatic rings. The number of aliphatic imine (C=N–C) groups is 1. The first-order valence-corrected chi connectivity index (χ1v) is 6.25. The van der Waals surface area contributed by atoms with Crippen LogP contribution in [0.4, 0.5) is 0 Å². The third-order valence-corrected chi connectivity index (χ3v) is 2.80. The van der Waals surface area contributed by atoms with Gasteiger partial charge in [-0.3, -0.25) is 0 Å². The largest absolute Gasteiger partial charge is 0.321 e. The predicted molar refractivity (Wildman–Crippen MR) is 77.9 cm³/mol. The van der Waals surface area contributed by atoms with E-state index in [1.807, 2.05) is 42.9 Å². The smallest absolute Gasteiger partial charge is 0.121 e. The summed E-state index contributed by atoms with van der Waals surface area (Å²) in [5, 5.41) is 0.897. The Bertz CT molecular complexity index is 469. The lowest BCUT2D eigenvalue weighted by Crippen LogP contribution is -1.95. The molecule has 0 radical (unpaired) electrons. The molecule has 2 nitrogen and oxygen atoms in total. The van der Waals surface area contributed by atoms with E-state index in [-0.39, 0.29) is 0 Å². The predicted octanol–water partition coefficient (Wildman–Crippen LogP) is 3.65. The molecule has 1 heterocycles.